The van der Waals surface area contributed by atoms with Crippen molar-refractivity contribution in [1.82, 2.24) is 29.7 Å². The molecule has 0 radical (unpaired) electrons. The third-order valence-electron chi connectivity index (χ3n) is 7.14. The van der Waals surface area contributed by atoms with Gasteiger partial charge >= 0.3 is 0 Å². The standard InChI is InChI=1S/C28H33N9O/c1-18-6-7-23(15-27(18)37-17-26(32-33-37)25-16-30-35(5)20(25)3)31-28(38)22-12-21(19(2)29)13-24(14-22)36-10-8-34(4)9-11-36/h6-7,12-17H,2,8-11,29H2,1,3-5H3,(H,31,38). The van der Waals surface area contributed by atoms with Gasteiger partial charge in [0.1, 0.15) is 5.69 Å². The zero-order valence-corrected chi connectivity index (χ0v) is 22.3. The van der Waals surface area contributed by atoms with Crippen molar-refractivity contribution >= 4 is 23.0 Å². The highest BCUT2D eigenvalue weighted by molar-refractivity contribution is 6.05. The maximum absolute atomic E-state index is 13.4. The monoisotopic (exact) mass is 511 g/mol. The van der Waals surface area contributed by atoms with Crippen molar-refractivity contribution < 1.29 is 4.79 Å². The van der Waals surface area contributed by atoms with E-state index in [0.717, 1.165) is 65.6 Å². The predicted octanol–water partition coefficient (Wildman–Crippen LogP) is 3.22. The van der Waals surface area contributed by atoms with Crippen LogP contribution >= 0.6 is 0 Å². The second kappa shape index (κ2) is 10.1. The fourth-order valence-corrected chi connectivity index (χ4v) is 4.57. The van der Waals surface area contributed by atoms with E-state index in [9.17, 15) is 4.79 Å². The van der Waals surface area contributed by atoms with Gasteiger partial charge in [-0.2, -0.15) is 5.10 Å². The molecule has 0 unspecified atom stereocenters. The Kier molecular flexibility index (Phi) is 6.73. The first-order valence-corrected chi connectivity index (χ1v) is 12.6. The van der Waals surface area contributed by atoms with Gasteiger partial charge in [-0.25, -0.2) is 4.68 Å². The molecule has 196 valence electrons. The van der Waals surface area contributed by atoms with Gasteiger partial charge in [0.05, 0.1) is 18.1 Å². The maximum atomic E-state index is 13.4. The third kappa shape index (κ3) is 5.03. The van der Waals surface area contributed by atoms with Crippen LogP contribution in [0.3, 0.4) is 0 Å². The fraction of sp³-hybridized carbons (Fsp3) is 0.286. The lowest BCUT2D eigenvalue weighted by atomic mass is 10.1. The summed E-state index contributed by atoms with van der Waals surface area (Å²) in [6.07, 6.45) is 3.66. The van der Waals surface area contributed by atoms with Crippen molar-refractivity contribution in [2.24, 2.45) is 12.8 Å². The molecule has 10 heteroatoms. The molecule has 1 fully saturated rings. The van der Waals surface area contributed by atoms with Gasteiger partial charge in [0.15, 0.2) is 0 Å². The molecule has 3 heterocycles. The summed E-state index contributed by atoms with van der Waals surface area (Å²) in [7, 11) is 4.01. The van der Waals surface area contributed by atoms with Crippen LogP contribution in [0.25, 0.3) is 22.6 Å². The highest BCUT2D eigenvalue weighted by Gasteiger charge is 2.18. The van der Waals surface area contributed by atoms with Crippen LogP contribution in [0.4, 0.5) is 11.4 Å². The first-order chi connectivity index (χ1) is 18.2. The summed E-state index contributed by atoms with van der Waals surface area (Å²) in [6, 6.07) is 11.4. The number of rotatable bonds is 6. The van der Waals surface area contributed by atoms with E-state index in [1.165, 1.54) is 0 Å². The van der Waals surface area contributed by atoms with Gasteiger partial charge in [0.2, 0.25) is 0 Å². The highest BCUT2D eigenvalue weighted by atomic mass is 16.1. The van der Waals surface area contributed by atoms with E-state index < -0.39 is 0 Å². The van der Waals surface area contributed by atoms with Gasteiger partial charge in [-0.1, -0.05) is 17.9 Å². The number of hydrogen-bond acceptors (Lipinski definition) is 7. The number of aromatic nitrogens is 5. The topological polar surface area (TPSA) is 110 Å². The Morgan fingerprint density at radius 1 is 1.03 bits per heavy atom. The van der Waals surface area contributed by atoms with E-state index in [1.807, 2.05) is 57.4 Å². The van der Waals surface area contributed by atoms with Crippen LogP contribution in [-0.2, 0) is 7.05 Å². The van der Waals surface area contributed by atoms with Crippen LogP contribution < -0.4 is 16.0 Å². The summed E-state index contributed by atoms with van der Waals surface area (Å²) in [5.41, 5.74) is 13.9. The Morgan fingerprint density at radius 3 is 2.45 bits per heavy atom. The van der Waals surface area contributed by atoms with E-state index in [-0.39, 0.29) is 5.91 Å². The Morgan fingerprint density at radius 2 is 1.76 bits per heavy atom. The van der Waals surface area contributed by atoms with Crippen LogP contribution in [0, 0.1) is 13.8 Å². The van der Waals surface area contributed by atoms with Gasteiger partial charge in [-0.3, -0.25) is 9.48 Å². The lowest BCUT2D eigenvalue weighted by molar-refractivity contribution is 0.102. The van der Waals surface area contributed by atoms with Crippen molar-refractivity contribution in [1.29, 1.82) is 0 Å². The Balaban J connectivity index is 1.40. The number of carbonyl (C=O) groups excluding carboxylic acids is 1. The Hall–Kier alpha value is -4.44. The molecular weight excluding hydrogens is 478 g/mol. The zero-order valence-electron chi connectivity index (χ0n) is 22.3. The number of aryl methyl sites for hydroxylation is 2. The van der Waals surface area contributed by atoms with E-state index in [4.69, 9.17) is 5.73 Å². The number of piperazine rings is 1. The van der Waals surface area contributed by atoms with Gasteiger partial charge in [-0.15, -0.1) is 5.10 Å². The normalized spacial score (nSPS) is 14.1. The molecule has 3 N–H and O–H groups in total. The van der Waals surface area contributed by atoms with Gasteiger partial charge < -0.3 is 20.9 Å². The van der Waals surface area contributed by atoms with Crippen LogP contribution in [0.15, 0.2) is 55.4 Å². The second-order valence-electron chi connectivity index (χ2n) is 9.86. The number of nitrogens with zero attached hydrogens (tertiary/aromatic N) is 7. The number of nitrogens with two attached hydrogens (primary N) is 1. The largest absolute Gasteiger partial charge is 0.399 e. The summed E-state index contributed by atoms with van der Waals surface area (Å²) in [5.74, 6) is -0.219. The van der Waals surface area contributed by atoms with Crippen LogP contribution in [0.5, 0.6) is 0 Å². The van der Waals surface area contributed by atoms with Crippen molar-refractivity contribution in [3.63, 3.8) is 0 Å². The SMILES string of the molecule is C=C(N)c1cc(C(=O)Nc2ccc(C)c(-n3cc(-c4cnn(C)c4C)nn3)c2)cc(N2CCN(C)CC2)c1. The molecule has 0 aliphatic carbocycles. The maximum Gasteiger partial charge on any atom is 0.255 e. The van der Waals surface area contributed by atoms with Crippen molar-refractivity contribution in [2.45, 2.75) is 13.8 Å². The average Bonchev–Trinajstić information content (AvgIpc) is 3.52. The van der Waals surface area contributed by atoms with Gasteiger partial charge in [-0.05, 0) is 62.4 Å². The Labute approximate surface area is 222 Å². The number of likely N-dealkylation sites (N-methyl/N-ethyl adjacent to an activating group) is 1. The van der Waals surface area contributed by atoms with E-state index in [2.05, 4.69) is 44.2 Å². The molecule has 5 rings (SSSR count). The molecule has 4 aromatic rings. The number of nitrogens with one attached hydrogen (secondary N) is 1. The Bertz CT molecular complexity index is 1510. The number of amides is 1. The minimum Gasteiger partial charge on any atom is -0.399 e. The quantitative estimate of drug-likeness (QED) is 0.409. The molecule has 0 saturated carbocycles. The van der Waals surface area contributed by atoms with Crippen molar-refractivity contribution in [2.75, 3.05) is 43.4 Å². The van der Waals surface area contributed by atoms with E-state index >= 15 is 0 Å². The summed E-state index contributed by atoms with van der Waals surface area (Å²) >= 11 is 0. The van der Waals surface area contributed by atoms with Gasteiger partial charge in [0, 0.05) is 67.1 Å². The molecular formula is C28H33N9O. The number of carbonyl (C=O) groups is 1. The lowest BCUT2D eigenvalue weighted by Crippen LogP contribution is -2.44. The number of hydrogen-bond donors (Lipinski definition) is 2. The summed E-state index contributed by atoms with van der Waals surface area (Å²) in [6.45, 7) is 11.6. The highest BCUT2D eigenvalue weighted by Crippen LogP contribution is 2.26. The minimum absolute atomic E-state index is 0.219. The van der Waals surface area contributed by atoms with E-state index in [1.54, 1.807) is 21.6 Å². The third-order valence-corrected chi connectivity index (χ3v) is 7.14. The van der Waals surface area contributed by atoms with Crippen LogP contribution in [0.1, 0.15) is 27.2 Å². The predicted molar refractivity (Wildman–Crippen MR) is 150 cm³/mol. The summed E-state index contributed by atoms with van der Waals surface area (Å²) in [4.78, 5) is 18.0. The molecule has 1 aliphatic heterocycles. The molecule has 0 spiro atoms. The van der Waals surface area contributed by atoms with Crippen molar-refractivity contribution in [3.05, 3.63) is 77.8 Å². The number of benzene rings is 2. The number of anilines is 2. The molecule has 38 heavy (non-hydrogen) atoms. The first kappa shape index (κ1) is 25.2. The zero-order chi connectivity index (χ0) is 27.0. The second-order valence-corrected chi connectivity index (χ2v) is 9.86. The smallest absolute Gasteiger partial charge is 0.255 e. The minimum atomic E-state index is -0.219. The summed E-state index contributed by atoms with van der Waals surface area (Å²) < 4.78 is 3.52. The summed E-state index contributed by atoms with van der Waals surface area (Å²) in [5, 5.41) is 16.0. The van der Waals surface area contributed by atoms with Crippen LogP contribution in [0.2, 0.25) is 0 Å². The molecule has 0 bridgehead atoms. The van der Waals surface area contributed by atoms with Crippen molar-refractivity contribution in [3.8, 4) is 16.9 Å². The molecule has 0 atom stereocenters. The fourth-order valence-electron chi connectivity index (χ4n) is 4.57. The molecule has 1 amide bonds. The molecule has 1 saturated heterocycles. The van der Waals surface area contributed by atoms with Gasteiger partial charge in [0.25, 0.3) is 5.91 Å². The molecule has 10 nitrogen and oxygen atoms in total. The van der Waals surface area contributed by atoms with E-state index in [0.29, 0.717) is 16.9 Å². The van der Waals surface area contributed by atoms with Crippen LogP contribution in [-0.4, -0.2) is 68.8 Å². The average molecular weight is 512 g/mol. The molecule has 2 aromatic heterocycles. The molecule has 2 aromatic carbocycles. The molecule has 1 aliphatic rings. The lowest BCUT2D eigenvalue weighted by Gasteiger charge is -2.34. The first-order valence-electron chi connectivity index (χ1n) is 12.6.